The van der Waals surface area contributed by atoms with Gasteiger partial charge in [0, 0.05) is 10.7 Å². The number of anilines is 1. The van der Waals surface area contributed by atoms with Crippen molar-refractivity contribution in [3.05, 3.63) is 58.2 Å². The maximum absolute atomic E-state index is 12.6. The van der Waals surface area contributed by atoms with Crippen LogP contribution in [0.1, 0.15) is 31.9 Å². The third kappa shape index (κ3) is 5.36. The molecule has 1 aromatic heterocycles. The molecule has 1 aromatic carbocycles. The molecule has 4 nitrogen and oxygen atoms in total. The molecule has 2 rings (SSSR count). The largest absolute Gasteiger partial charge is 0.443 e. The fraction of sp³-hybridized carbons (Fsp3) is 0.333. The molecule has 0 saturated carbocycles. The van der Waals surface area contributed by atoms with Gasteiger partial charge in [-0.1, -0.05) is 28.1 Å². The minimum atomic E-state index is -0.559. The highest BCUT2D eigenvalue weighted by Crippen LogP contribution is 2.21. The van der Waals surface area contributed by atoms with Gasteiger partial charge in [-0.05, 0) is 63.1 Å². The van der Waals surface area contributed by atoms with E-state index >= 15 is 0 Å². The lowest BCUT2D eigenvalue weighted by Gasteiger charge is -2.27. The molecule has 0 spiro atoms. The number of aryl methyl sites for hydroxylation is 1. The summed E-state index contributed by atoms with van der Waals surface area (Å²) in [4.78, 5) is 18.5. The van der Waals surface area contributed by atoms with E-state index in [9.17, 15) is 4.79 Å². The molecule has 0 N–H and O–H groups in total. The van der Waals surface area contributed by atoms with Crippen LogP contribution < -0.4 is 4.90 Å². The van der Waals surface area contributed by atoms with Crippen molar-refractivity contribution in [2.45, 2.75) is 39.8 Å². The molecule has 0 bridgehead atoms. The highest BCUT2D eigenvalue weighted by molar-refractivity contribution is 9.10. The topological polar surface area (TPSA) is 42.4 Å². The Morgan fingerprint density at radius 3 is 2.61 bits per heavy atom. The molecule has 0 aliphatic heterocycles. The van der Waals surface area contributed by atoms with Crippen molar-refractivity contribution in [2.75, 3.05) is 4.90 Å². The number of halogens is 1. The Labute approximate surface area is 145 Å². The zero-order valence-corrected chi connectivity index (χ0v) is 15.4. The van der Waals surface area contributed by atoms with Crippen LogP contribution in [0.3, 0.4) is 0 Å². The molecule has 1 amide bonds. The van der Waals surface area contributed by atoms with Crippen molar-refractivity contribution in [1.29, 1.82) is 0 Å². The zero-order chi connectivity index (χ0) is 17.0. The first-order chi connectivity index (χ1) is 10.7. The average molecular weight is 377 g/mol. The Morgan fingerprint density at radius 2 is 2.00 bits per heavy atom. The number of nitrogens with zero attached hydrogens (tertiary/aromatic N) is 2. The van der Waals surface area contributed by atoms with Crippen molar-refractivity contribution in [3.8, 4) is 0 Å². The third-order valence-electron chi connectivity index (χ3n) is 3.02. The van der Waals surface area contributed by atoms with E-state index in [2.05, 4.69) is 20.9 Å². The summed E-state index contributed by atoms with van der Waals surface area (Å²) in [5, 5.41) is 0. The number of pyridine rings is 1. The number of amides is 1. The summed E-state index contributed by atoms with van der Waals surface area (Å²) in [6, 6.07) is 11.6. The van der Waals surface area contributed by atoms with Crippen LogP contribution in [-0.2, 0) is 11.3 Å². The number of hydrogen-bond acceptors (Lipinski definition) is 3. The van der Waals surface area contributed by atoms with Crippen LogP contribution in [0.15, 0.2) is 47.1 Å². The molecular formula is C18H21BrN2O2. The number of benzene rings is 1. The molecule has 122 valence electrons. The highest BCUT2D eigenvalue weighted by atomic mass is 79.9. The summed E-state index contributed by atoms with van der Waals surface area (Å²) < 4.78 is 6.50. The van der Waals surface area contributed by atoms with Crippen molar-refractivity contribution in [1.82, 2.24) is 4.98 Å². The number of carbonyl (C=O) groups is 1. The van der Waals surface area contributed by atoms with Crippen molar-refractivity contribution in [3.63, 3.8) is 0 Å². The summed E-state index contributed by atoms with van der Waals surface area (Å²) in [5.41, 5.74) is 1.47. The van der Waals surface area contributed by atoms with E-state index in [4.69, 9.17) is 4.74 Å². The Morgan fingerprint density at radius 1 is 1.26 bits per heavy atom. The molecule has 23 heavy (non-hydrogen) atoms. The lowest BCUT2D eigenvalue weighted by molar-refractivity contribution is 0.0576. The van der Waals surface area contributed by atoms with Crippen LogP contribution in [-0.4, -0.2) is 16.7 Å². The van der Waals surface area contributed by atoms with Gasteiger partial charge in [0.2, 0.25) is 0 Å². The maximum atomic E-state index is 12.6. The standard InChI is InChI=1S/C18H21BrN2O2/c1-13-8-9-20-16(10-13)21(17(22)23-18(2,3)4)12-14-6-5-7-15(19)11-14/h5-11H,12H2,1-4H3. The van der Waals surface area contributed by atoms with Gasteiger partial charge in [0.15, 0.2) is 0 Å². The van der Waals surface area contributed by atoms with Gasteiger partial charge < -0.3 is 4.74 Å². The number of ether oxygens (including phenoxy) is 1. The van der Waals surface area contributed by atoms with Gasteiger partial charge in [-0.25, -0.2) is 9.78 Å². The summed E-state index contributed by atoms with van der Waals surface area (Å²) in [6.07, 6.45) is 1.29. The second-order valence-corrected chi connectivity index (χ2v) is 7.30. The Kier molecular flexibility index (Phi) is 5.42. The normalized spacial score (nSPS) is 11.2. The van der Waals surface area contributed by atoms with Crippen LogP contribution >= 0.6 is 15.9 Å². The highest BCUT2D eigenvalue weighted by Gasteiger charge is 2.24. The molecule has 5 heteroatoms. The monoisotopic (exact) mass is 376 g/mol. The Bertz CT molecular complexity index is 695. The molecule has 0 atom stereocenters. The minimum absolute atomic E-state index is 0.394. The average Bonchev–Trinajstić information content (AvgIpc) is 2.43. The van der Waals surface area contributed by atoms with E-state index in [1.165, 1.54) is 0 Å². The van der Waals surface area contributed by atoms with Crippen LogP contribution in [0, 0.1) is 6.92 Å². The van der Waals surface area contributed by atoms with Gasteiger partial charge >= 0.3 is 6.09 Å². The van der Waals surface area contributed by atoms with Gasteiger partial charge in [0.25, 0.3) is 0 Å². The first kappa shape index (κ1) is 17.5. The molecule has 0 aliphatic carbocycles. The molecule has 2 aromatic rings. The predicted molar refractivity (Wildman–Crippen MR) is 95.5 cm³/mol. The van der Waals surface area contributed by atoms with E-state index < -0.39 is 11.7 Å². The quantitative estimate of drug-likeness (QED) is 0.748. The van der Waals surface area contributed by atoms with E-state index in [-0.39, 0.29) is 0 Å². The lowest BCUT2D eigenvalue weighted by atomic mass is 10.2. The van der Waals surface area contributed by atoms with Crippen LogP contribution in [0.4, 0.5) is 10.6 Å². The summed E-state index contributed by atoms with van der Waals surface area (Å²) >= 11 is 3.46. The second kappa shape index (κ2) is 7.13. The fourth-order valence-electron chi connectivity index (χ4n) is 2.04. The maximum Gasteiger partial charge on any atom is 0.416 e. The van der Waals surface area contributed by atoms with Crippen LogP contribution in [0.25, 0.3) is 0 Å². The number of carbonyl (C=O) groups excluding carboxylic acids is 1. The van der Waals surface area contributed by atoms with Gasteiger partial charge in [-0.15, -0.1) is 0 Å². The first-order valence-electron chi connectivity index (χ1n) is 7.42. The fourth-order valence-corrected chi connectivity index (χ4v) is 2.49. The van der Waals surface area contributed by atoms with Crippen molar-refractivity contribution < 1.29 is 9.53 Å². The van der Waals surface area contributed by atoms with Crippen molar-refractivity contribution in [2.24, 2.45) is 0 Å². The smallest absolute Gasteiger partial charge is 0.416 e. The summed E-state index contributed by atoms with van der Waals surface area (Å²) in [7, 11) is 0. The van der Waals surface area contributed by atoms with Gasteiger partial charge in [-0.2, -0.15) is 0 Å². The molecule has 0 aliphatic rings. The summed E-state index contributed by atoms with van der Waals surface area (Å²) in [6.45, 7) is 7.92. The van der Waals surface area contributed by atoms with Crippen LogP contribution in [0.5, 0.6) is 0 Å². The second-order valence-electron chi connectivity index (χ2n) is 6.39. The van der Waals surface area contributed by atoms with E-state index in [0.29, 0.717) is 12.4 Å². The van der Waals surface area contributed by atoms with E-state index in [1.54, 1.807) is 11.1 Å². The summed E-state index contributed by atoms with van der Waals surface area (Å²) in [5.74, 6) is 0.583. The molecule has 0 radical (unpaired) electrons. The predicted octanol–water partition coefficient (Wildman–Crippen LogP) is 5.09. The minimum Gasteiger partial charge on any atom is -0.443 e. The molecule has 0 saturated heterocycles. The SMILES string of the molecule is Cc1ccnc(N(Cc2cccc(Br)c2)C(=O)OC(C)(C)C)c1. The van der Waals surface area contributed by atoms with Crippen molar-refractivity contribution >= 4 is 27.8 Å². The molecule has 1 heterocycles. The molecule has 0 unspecified atom stereocenters. The number of rotatable bonds is 3. The zero-order valence-electron chi connectivity index (χ0n) is 13.8. The van der Waals surface area contributed by atoms with E-state index in [0.717, 1.165) is 15.6 Å². The Hall–Kier alpha value is -1.88. The first-order valence-corrected chi connectivity index (χ1v) is 8.21. The molecular weight excluding hydrogens is 356 g/mol. The number of aromatic nitrogens is 1. The Balaban J connectivity index is 2.33. The third-order valence-corrected chi connectivity index (χ3v) is 3.51. The number of hydrogen-bond donors (Lipinski definition) is 0. The lowest BCUT2D eigenvalue weighted by Crippen LogP contribution is -2.37. The van der Waals surface area contributed by atoms with Gasteiger partial charge in [-0.3, -0.25) is 4.90 Å². The van der Waals surface area contributed by atoms with Gasteiger partial charge in [0.1, 0.15) is 11.4 Å². The van der Waals surface area contributed by atoms with Crippen LogP contribution in [0.2, 0.25) is 0 Å². The molecule has 0 fully saturated rings. The van der Waals surface area contributed by atoms with Gasteiger partial charge in [0.05, 0.1) is 6.54 Å². The van der Waals surface area contributed by atoms with E-state index in [1.807, 2.05) is 64.1 Å².